The average molecular weight is 454 g/mol. The monoisotopic (exact) mass is 453 g/mol. The number of carbonyl (C=O) groups is 2. The van der Waals surface area contributed by atoms with Crippen molar-refractivity contribution in [2.45, 2.75) is 31.7 Å². The predicted molar refractivity (Wildman–Crippen MR) is 114 cm³/mol. The quantitative estimate of drug-likeness (QED) is 0.721. The number of piperidine rings is 1. The smallest absolute Gasteiger partial charge is 0.262 e. The lowest BCUT2D eigenvalue weighted by molar-refractivity contribution is -0.121. The molecule has 1 aromatic carbocycles. The number of rotatable bonds is 5. The summed E-state index contributed by atoms with van der Waals surface area (Å²) < 4.78 is 28.6. The predicted octanol–water partition coefficient (Wildman–Crippen LogP) is 2.38. The minimum Gasteiger partial charge on any atom is -0.337 e. The van der Waals surface area contributed by atoms with E-state index in [1.54, 1.807) is 36.7 Å². The molecule has 0 radical (unpaired) electrons. The SMILES string of the molecule is CC(=O)Nc1ccc(Cl)cc1NC(=O)C1CCN(S(=O)(=O)c2cn(C)c(C)n2)CC1. The third-order valence-corrected chi connectivity index (χ3v) is 7.07. The summed E-state index contributed by atoms with van der Waals surface area (Å²) in [5.41, 5.74) is 0.854. The molecule has 2 N–H and O–H groups in total. The molecule has 9 nitrogen and oxygen atoms in total. The van der Waals surface area contributed by atoms with Crippen LogP contribution in [0, 0.1) is 12.8 Å². The number of aromatic nitrogens is 2. The molecular weight excluding hydrogens is 430 g/mol. The van der Waals surface area contributed by atoms with Gasteiger partial charge in [-0.15, -0.1) is 0 Å². The number of hydrogen-bond donors (Lipinski definition) is 2. The molecule has 1 aliphatic rings. The maximum atomic E-state index is 12.8. The van der Waals surface area contributed by atoms with E-state index in [0.29, 0.717) is 35.1 Å². The van der Waals surface area contributed by atoms with Crippen molar-refractivity contribution in [1.29, 1.82) is 0 Å². The van der Waals surface area contributed by atoms with Crippen LogP contribution in [0.15, 0.2) is 29.4 Å². The van der Waals surface area contributed by atoms with Crippen LogP contribution in [0.25, 0.3) is 0 Å². The average Bonchev–Trinajstić information content (AvgIpc) is 3.03. The van der Waals surface area contributed by atoms with Gasteiger partial charge in [-0.3, -0.25) is 9.59 Å². The Hall–Kier alpha value is -2.43. The second kappa shape index (κ2) is 8.75. The lowest BCUT2D eigenvalue weighted by atomic mass is 9.97. The maximum absolute atomic E-state index is 12.8. The van der Waals surface area contributed by atoms with E-state index in [9.17, 15) is 18.0 Å². The first-order valence-corrected chi connectivity index (χ1v) is 11.3. The first-order valence-electron chi connectivity index (χ1n) is 9.46. The summed E-state index contributed by atoms with van der Waals surface area (Å²) in [4.78, 5) is 28.2. The van der Waals surface area contributed by atoms with E-state index in [1.165, 1.54) is 17.4 Å². The summed E-state index contributed by atoms with van der Waals surface area (Å²) >= 11 is 6.02. The molecule has 11 heteroatoms. The van der Waals surface area contributed by atoms with Crippen LogP contribution >= 0.6 is 11.6 Å². The summed E-state index contributed by atoms with van der Waals surface area (Å²) in [6.45, 7) is 3.56. The Balaban J connectivity index is 1.66. The van der Waals surface area contributed by atoms with Crippen LogP contribution in [-0.4, -0.2) is 47.2 Å². The minimum atomic E-state index is -3.69. The van der Waals surface area contributed by atoms with Crippen molar-refractivity contribution in [3.05, 3.63) is 35.2 Å². The number of hydrogen-bond acceptors (Lipinski definition) is 5. The van der Waals surface area contributed by atoms with Gasteiger partial charge in [0.1, 0.15) is 5.82 Å². The fraction of sp³-hybridized carbons (Fsp3) is 0.421. The van der Waals surface area contributed by atoms with Crippen LogP contribution in [0.2, 0.25) is 5.02 Å². The van der Waals surface area contributed by atoms with Crippen molar-refractivity contribution >= 4 is 44.8 Å². The number of aryl methyl sites for hydroxylation is 2. The normalized spacial score (nSPS) is 15.7. The van der Waals surface area contributed by atoms with Gasteiger partial charge in [0.15, 0.2) is 5.03 Å². The Morgan fingerprint density at radius 1 is 1.17 bits per heavy atom. The van der Waals surface area contributed by atoms with Crippen molar-refractivity contribution in [3.63, 3.8) is 0 Å². The van der Waals surface area contributed by atoms with Crippen LogP contribution in [0.5, 0.6) is 0 Å². The number of imidazole rings is 1. The number of nitrogens with zero attached hydrogens (tertiary/aromatic N) is 3. The summed E-state index contributed by atoms with van der Waals surface area (Å²) in [6.07, 6.45) is 2.26. The van der Waals surface area contributed by atoms with E-state index < -0.39 is 10.0 Å². The van der Waals surface area contributed by atoms with Gasteiger partial charge in [-0.1, -0.05) is 11.6 Å². The Morgan fingerprint density at radius 3 is 2.40 bits per heavy atom. The molecule has 162 valence electrons. The first-order chi connectivity index (χ1) is 14.1. The van der Waals surface area contributed by atoms with Crippen LogP contribution in [0.4, 0.5) is 11.4 Å². The van der Waals surface area contributed by atoms with Crippen LogP contribution < -0.4 is 10.6 Å². The molecule has 2 aromatic rings. The van der Waals surface area contributed by atoms with E-state index >= 15 is 0 Å². The second-order valence-electron chi connectivity index (χ2n) is 7.28. The van der Waals surface area contributed by atoms with E-state index in [-0.39, 0.29) is 35.8 Å². The lowest BCUT2D eigenvalue weighted by Gasteiger charge is -2.30. The molecule has 1 fully saturated rings. The first kappa shape index (κ1) is 22.3. The number of anilines is 2. The number of amides is 2. The number of nitrogens with one attached hydrogen (secondary N) is 2. The largest absolute Gasteiger partial charge is 0.337 e. The Labute approximate surface area is 180 Å². The lowest BCUT2D eigenvalue weighted by Crippen LogP contribution is -2.41. The minimum absolute atomic E-state index is 0.0178. The topological polar surface area (TPSA) is 113 Å². The molecule has 0 unspecified atom stereocenters. The van der Waals surface area contributed by atoms with Gasteiger partial charge in [0.2, 0.25) is 11.8 Å². The molecule has 1 saturated heterocycles. The van der Waals surface area contributed by atoms with Crippen LogP contribution in [0.1, 0.15) is 25.6 Å². The summed E-state index contributed by atoms with van der Waals surface area (Å²) in [5, 5.41) is 5.89. The fourth-order valence-corrected chi connectivity index (χ4v) is 4.96. The van der Waals surface area contributed by atoms with Gasteiger partial charge in [-0.05, 0) is 38.0 Å². The van der Waals surface area contributed by atoms with E-state index in [2.05, 4.69) is 15.6 Å². The number of carbonyl (C=O) groups excluding carboxylic acids is 2. The molecular formula is C19H24ClN5O4S. The van der Waals surface area contributed by atoms with Crippen LogP contribution in [0.3, 0.4) is 0 Å². The highest BCUT2D eigenvalue weighted by Gasteiger charge is 2.33. The maximum Gasteiger partial charge on any atom is 0.262 e. The summed E-state index contributed by atoms with van der Waals surface area (Å²) in [7, 11) is -1.95. The molecule has 1 aliphatic heterocycles. The van der Waals surface area contributed by atoms with Crippen molar-refractivity contribution in [3.8, 4) is 0 Å². The number of benzene rings is 1. The molecule has 2 amide bonds. The number of halogens is 1. The van der Waals surface area contributed by atoms with Gasteiger partial charge in [0.05, 0.1) is 11.4 Å². The summed E-state index contributed by atoms with van der Waals surface area (Å²) in [6, 6.07) is 4.79. The number of sulfonamides is 1. The van der Waals surface area contributed by atoms with Crippen molar-refractivity contribution < 1.29 is 18.0 Å². The van der Waals surface area contributed by atoms with Gasteiger partial charge in [0, 0.05) is 44.2 Å². The van der Waals surface area contributed by atoms with Crippen molar-refractivity contribution in [1.82, 2.24) is 13.9 Å². The highest BCUT2D eigenvalue weighted by molar-refractivity contribution is 7.89. The second-order valence-corrected chi connectivity index (χ2v) is 9.60. The van der Waals surface area contributed by atoms with Gasteiger partial charge in [-0.2, -0.15) is 4.31 Å². The Kier molecular flexibility index (Phi) is 6.49. The molecule has 0 bridgehead atoms. The van der Waals surface area contributed by atoms with Gasteiger partial charge in [0.25, 0.3) is 10.0 Å². The molecule has 0 atom stereocenters. The molecule has 30 heavy (non-hydrogen) atoms. The standard InChI is InChI=1S/C19H24ClN5O4S/c1-12-21-18(11-24(12)3)30(28,29)25-8-6-14(7-9-25)19(27)23-17-10-15(20)4-5-16(17)22-13(2)26/h4-5,10-11,14H,6-9H2,1-3H3,(H,22,26)(H,23,27). The Bertz CT molecular complexity index is 1060. The zero-order valence-corrected chi connectivity index (χ0v) is 18.5. The molecule has 1 aromatic heterocycles. The zero-order chi connectivity index (χ0) is 22.1. The molecule has 0 aliphatic carbocycles. The molecule has 0 saturated carbocycles. The highest BCUT2D eigenvalue weighted by atomic mass is 35.5. The molecule has 3 rings (SSSR count). The van der Waals surface area contributed by atoms with Gasteiger partial charge >= 0.3 is 0 Å². The van der Waals surface area contributed by atoms with Gasteiger partial charge in [-0.25, -0.2) is 13.4 Å². The summed E-state index contributed by atoms with van der Waals surface area (Å²) in [5.74, 6) is -0.254. The third-order valence-electron chi connectivity index (χ3n) is 5.07. The molecule has 0 spiro atoms. The highest BCUT2D eigenvalue weighted by Crippen LogP contribution is 2.29. The fourth-order valence-electron chi connectivity index (χ4n) is 3.29. The van der Waals surface area contributed by atoms with E-state index in [4.69, 9.17) is 11.6 Å². The Morgan fingerprint density at radius 2 is 1.83 bits per heavy atom. The van der Waals surface area contributed by atoms with Crippen molar-refractivity contribution in [2.75, 3.05) is 23.7 Å². The van der Waals surface area contributed by atoms with Crippen molar-refractivity contribution in [2.24, 2.45) is 13.0 Å². The van der Waals surface area contributed by atoms with E-state index in [0.717, 1.165) is 0 Å². The zero-order valence-electron chi connectivity index (χ0n) is 17.0. The molecule has 2 heterocycles. The van der Waals surface area contributed by atoms with Crippen LogP contribution in [-0.2, 0) is 26.7 Å². The van der Waals surface area contributed by atoms with Gasteiger partial charge < -0.3 is 15.2 Å². The van der Waals surface area contributed by atoms with E-state index in [1.807, 2.05) is 0 Å². The third kappa shape index (κ3) is 4.82.